The molecule has 14 heavy (non-hydrogen) atoms. The van der Waals surface area contributed by atoms with Crippen LogP contribution in [0.2, 0.25) is 0 Å². The third-order valence-electron chi connectivity index (χ3n) is 1.74. The lowest BCUT2D eigenvalue weighted by molar-refractivity contribution is 0.579. The Morgan fingerprint density at radius 1 is 1.50 bits per heavy atom. The van der Waals surface area contributed by atoms with Crippen LogP contribution in [0, 0.1) is 0 Å². The molecule has 0 fully saturated rings. The van der Waals surface area contributed by atoms with Crippen molar-refractivity contribution in [3.63, 3.8) is 0 Å². The fourth-order valence-corrected chi connectivity index (χ4v) is 1.14. The number of aromatic nitrogens is 2. The van der Waals surface area contributed by atoms with Gasteiger partial charge in [-0.3, -0.25) is 5.10 Å². The molecule has 6 nitrogen and oxygen atoms in total. The van der Waals surface area contributed by atoms with Crippen molar-refractivity contribution in [2.75, 3.05) is 0 Å². The SMILES string of the molecule is CC1=CC(C)(N=Nc2ccn[nH]2)N=N1. The Balaban J connectivity index is 2.16. The smallest absolute Gasteiger partial charge is 0.209 e. The molecule has 2 rings (SSSR count). The lowest BCUT2D eigenvalue weighted by Crippen LogP contribution is -2.10. The maximum Gasteiger partial charge on any atom is 0.209 e. The van der Waals surface area contributed by atoms with E-state index in [1.54, 1.807) is 12.3 Å². The van der Waals surface area contributed by atoms with Crippen molar-refractivity contribution in [2.24, 2.45) is 20.5 Å². The number of allylic oxidation sites excluding steroid dienone is 1. The number of H-pyrrole nitrogens is 1. The molecule has 1 aromatic rings. The molecule has 1 N–H and O–H groups in total. The average Bonchev–Trinajstić information content (AvgIpc) is 2.73. The summed E-state index contributed by atoms with van der Waals surface area (Å²) >= 11 is 0. The standard InChI is InChI=1S/C8H10N6/c1-6-5-8(2,13-10-6)14-12-7-3-4-9-11-7/h3-5H,1-2H3,(H,9,11). The van der Waals surface area contributed by atoms with Crippen molar-refractivity contribution in [1.29, 1.82) is 0 Å². The summed E-state index contributed by atoms with van der Waals surface area (Å²) in [4.78, 5) is 0. The summed E-state index contributed by atoms with van der Waals surface area (Å²) in [6, 6.07) is 1.73. The number of hydrogen-bond donors (Lipinski definition) is 1. The molecule has 1 atom stereocenters. The molecule has 0 aromatic carbocycles. The van der Waals surface area contributed by atoms with Crippen LogP contribution in [0.15, 0.2) is 44.5 Å². The van der Waals surface area contributed by atoms with Gasteiger partial charge in [0.1, 0.15) is 0 Å². The number of nitrogens with zero attached hydrogens (tertiary/aromatic N) is 5. The lowest BCUT2D eigenvalue weighted by atomic mass is 10.2. The van der Waals surface area contributed by atoms with E-state index in [1.807, 2.05) is 19.9 Å². The number of rotatable bonds is 2. The fourth-order valence-electron chi connectivity index (χ4n) is 1.14. The van der Waals surface area contributed by atoms with Gasteiger partial charge in [-0.15, -0.1) is 5.11 Å². The molecule has 1 aromatic heterocycles. The highest BCUT2D eigenvalue weighted by Gasteiger charge is 2.24. The molecule has 0 amide bonds. The van der Waals surface area contributed by atoms with E-state index >= 15 is 0 Å². The normalized spacial score (nSPS) is 26.0. The Kier molecular flexibility index (Phi) is 1.95. The van der Waals surface area contributed by atoms with Crippen LogP contribution in [0.4, 0.5) is 5.82 Å². The predicted octanol–water partition coefficient (Wildman–Crippen LogP) is 2.58. The van der Waals surface area contributed by atoms with E-state index in [1.165, 1.54) is 0 Å². The Hall–Kier alpha value is -1.85. The third-order valence-corrected chi connectivity index (χ3v) is 1.74. The molecule has 2 heterocycles. The van der Waals surface area contributed by atoms with Gasteiger partial charge in [0.15, 0.2) is 5.82 Å². The fraction of sp³-hybridized carbons (Fsp3) is 0.375. The second-order valence-electron chi connectivity index (χ2n) is 3.22. The predicted molar refractivity (Wildman–Crippen MR) is 50.1 cm³/mol. The monoisotopic (exact) mass is 190 g/mol. The first-order valence-corrected chi connectivity index (χ1v) is 4.23. The summed E-state index contributed by atoms with van der Waals surface area (Å²) in [6.45, 7) is 3.72. The van der Waals surface area contributed by atoms with Gasteiger partial charge in [0.05, 0.1) is 11.9 Å². The highest BCUT2D eigenvalue weighted by atomic mass is 15.3. The summed E-state index contributed by atoms with van der Waals surface area (Å²) in [5.41, 5.74) is 0.200. The molecule has 1 unspecified atom stereocenters. The van der Waals surface area contributed by atoms with Crippen molar-refractivity contribution < 1.29 is 0 Å². The van der Waals surface area contributed by atoms with Gasteiger partial charge in [-0.2, -0.15) is 20.4 Å². The lowest BCUT2D eigenvalue weighted by Gasteiger charge is -2.06. The molecule has 0 spiro atoms. The Labute approximate surface area is 80.9 Å². The topological polar surface area (TPSA) is 78.1 Å². The molecular formula is C8H10N6. The summed E-state index contributed by atoms with van der Waals surface area (Å²) in [5, 5.41) is 22.4. The Morgan fingerprint density at radius 2 is 2.36 bits per heavy atom. The molecule has 0 aliphatic carbocycles. The minimum absolute atomic E-state index is 0.611. The third kappa shape index (κ3) is 1.73. The maximum absolute atomic E-state index is 4.06. The molecule has 0 bridgehead atoms. The van der Waals surface area contributed by atoms with Gasteiger partial charge in [-0.1, -0.05) is 0 Å². The summed E-state index contributed by atoms with van der Waals surface area (Å²) in [5.74, 6) is 0.611. The van der Waals surface area contributed by atoms with Crippen LogP contribution in [0.5, 0.6) is 0 Å². The molecule has 0 saturated heterocycles. The average molecular weight is 190 g/mol. The number of azo groups is 2. The van der Waals surface area contributed by atoms with Crippen LogP contribution < -0.4 is 0 Å². The van der Waals surface area contributed by atoms with Crippen LogP contribution in [0.1, 0.15) is 13.8 Å². The maximum atomic E-state index is 4.06. The van der Waals surface area contributed by atoms with Gasteiger partial charge in [-0.05, 0) is 19.9 Å². The van der Waals surface area contributed by atoms with Crippen molar-refractivity contribution in [3.05, 3.63) is 24.0 Å². The van der Waals surface area contributed by atoms with E-state index in [0.717, 1.165) is 5.70 Å². The van der Waals surface area contributed by atoms with E-state index in [0.29, 0.717) is 5.82 Å². The van der Waals surface area contributed by atoms with Gasteiger partial charge < -0.3 is 0 Å². The van der Waals surface area contributed by atoms with Crippen LogP contribution in [-0.4, -0.2) is 15.9 Å². The molecule has 0 saturated carbocycles. The zero-order valence-corrected chi connectivity index (χ0v) is 7.97. The number of hydrogen-bond acceptors (Lipinski definition) is 5. The van der Waals surface area contributed by atoms with Crippen molar-refractivity contribution >= 4 is 5.82 Å². The van der Waals surface area contributed by atoms with E-state index in [2.05, 4.69) is 30.7 Å². The van der Waals surface area contributed by atoms with Gasteiger partial charge in [0, 0.05) is 6.07 Å². The highest BCUT2D eigenvalue weighted by molar-refractivity contribution is 5.22. The molecular weight excluding hydrogens is 180 g/mol. The van der Waals surface area contributed by atoms with Crippen molar-refractivity contribution in [2.45, 2.75) is 19.5 Å². The summed E-state index contributed by atoms with van der Waals surface area (Å²) in [7, 11) is 0. The van der Waals surface area contributed by atoms with Crippen LogP contribution in [0.3, 0.4) is 0 Å². The first-order valence-electron chi connectivity index (χ1n) is 4.23. The van der Waals surface area contributed by atoms with E-state index in [9.17, 15) is 0 Å². The van der Waals surface area contributed by atoms with Crippen LogP contribution in [0.25, 0.3) is 0 Å². The number of aromatic amines is 1. The molecule has 72 valence electrons. The number of nitrogens with one attached hydrogen (secondary N) is 1. The van der Waals surface area contributed by atoms with Gasteiger partial charge in [-0.25, -0.2) is 0 Å². The Morgan fingerprint density at radius 3 is 2.93 bits per heavy atom. The van der Waals surface area contributed by atoms with E-state index in [4.69, 9.17) is 0 Å². The first kappa shape index (κ1) is 8.74. The van der Waals surface area contributed by atoms with Gasteiger partial charge in [0.2, 0.25) is 5.66 Å². The molecule has 0 radical (unpaired) electrons. The first-order chi connectivity index (χ1) is 6.68. The van der Waals surface area contributed by atoms with E-state index < -0.39 is 5.66 Å². The molecule has 1 aliphatic rings. The molecule has 6 heteroatoms. The summed E-state index contributed by atoms with van der Waals surface area (Å²) < 4.78 is 0. The minimum Gasteiger partial charge on any atom is -0.260 e. The van der Waals surface area contributed by atoms with Gasteiger partial charge >= 0.3 is 0 Å². The highest BCUT2D eigenvalue weighted by Crippen LogP contribution is 2.25. The van der Waals surface area contributed by atoms with E-state index in [-0.39, 0.29) is 0 Å². The van der Waals surface area contributed by atoms with Gasteiger partial charge in [0.25, 0.3) is 0 Å². The van der Waals surface area contributed by atoms with Crippen LogP contribution >= 0.6 is 0 Å². The van der Waals surface area contributed by atoms with Crippen molar-refractivity contribution in [3.8, 4) is 0 Å². The van der Waals surface area contributed by atoms with Crippen molar-refractivity contribution in [1.82, 2.24) is 10.2 Å². The second-order valence-corrected chi connectivity index (χ2v) is 3.22. The second kappa shape index (κ2) is 3.13. The Bertz CT molecular complexity index is 401. The zero-order chi connectivity index (χ0) is 10.0. The summed E-state index contributed by atoms with van der Waals surface area (Å²) in [6.07, 6.45) is 3.47. The zero-order valence-electron chi connectivity index (χ0n) is 7.97. The molecule has 1 aliphatic heterocycles. The largest absolute Gasteiger partial charge is 0.260 e. The quantitative estimate of drug-likeness (QED) is 0.714. The van der Waals surface area contributed by atoms with Crippen LogP contribution in [-0.2, 0) is 0 Å². The minimum atomic E-state index is -0.658.